The second kappa shape index (κ2) is 5.91. The molecule has 0 unspecified atom stereocenters. The second-order valence-electron chi connectivity index (χ2n) is 6.10. The van der Waals surface area contributed by atoms with Crippen molar-refractivity contribution in [3.05, 3.63) is 47.3 Å². The van der Waals surface area contributed by atoms with Gasteiger partial charge in [0.2, 0.25) is 5.91 Å². The number of rotatable bonds is 4. The standard InChI is InChI=1S/C18H21N3O2/c1-11-9-17(12(2)21(11)16-7-8-16)18(23)20-15-6-4-5-14(10-15)19-13(3)22/h4-6,9-10,16H,7-8H2,1-3H3,(H,19,22)(H,20,23). The van der Waals surface area contributed by atoms with Crippen LogP contribution in [0.4, 0.5) is 11.4 Å². The van der Waals surface area contributed by atoms with E-state index in [9.17, 15) is 9.59 Å². The summed E-state index contributed by atoms with van der Waals surface area (Å²) >= 11 is 0. The summed E-state index contributed by atoms with van der Waals surface area (Å²) in [4.78, 5) is 23.7. The fourth-order valence-electron chi connectivity index (χ4n) is 2.98. The Kier molecular flexibility index (Phi) is 3.94. The minimum atomic E-state index is -0.138. The molecule has 23 heavy (non-hydrogen) atoms. The van der Waals surface area contributed by atoms with Crippen LogP contribution in [0.15, 0.2) is 30.3 Å². The molecule has 1 heterocycles. The Hall–Kier alpha value is -2.56. The van der Waals surface area contributed by atoms with E-state index in [0.717, 1.165) is 11.4 Å². The smallest absolute Gasteiger partial charge is 0.257 e. The summed E-state index contributed by atoms with van der Waals surface area (Å²) in [6.07, 6.45) is 2.38. The Morgan fingerprint density at radius 2 is 1.74 bits per heavy atom. The number of nitrogens with one attached hydrogen (secondary N) is 2. The minimum absolute atomic E-state index is 0.120. The molecule has 5 nitrogen and oxygen atoms in total. The molecule has 2 aromatic rings. The van der Waals surface area contributed by atoms with Gasteiger partial charge in [0, 0.05) is 35.7 Å². The van der Waals surface area contributed by atoms with Crippen LogP contribution < -0.4 is 10.6 Å². The number of benzene rings is 1. The molecule has 2 amide bonds. The Labute approximate surface area is 135 Å². The molecular formula is C18H21N3O2. The van der Waals surface area contributed by atoms with Crippen molar-refractivity contribution in [2.24, 2.45) is 0 Å². The zero-order chi connectivity index (χ0) is 16.6. The normalized spacial score (nSPS) is 13.7. The summed E-state index contributed by atoms with van der Waals surface area (Å²) in [5.41, 5.74) is 4.18. The highest BCUT2D eigenvalue weighted by Crippen LogP contribution is 2.38. The fraction of sp³-hybridized carbons (Fsp3) is 0.333. The summed E-state index contributed by atoms with van der Waals surface area (Å²) in [5.74, 6) is -0.258. The summed E-state index contributed by atoms with van der Waals surface area (Å²) < 4.78 is 2.25. The van der Waals surface area contributed by atoms with Gasteiger partial charge in [0.25, 0.3) is 5.91 Å². The molecule has 1 aromatic carbocycles. The zero-order valence-corrected chi connectivity index (χ0v) is 13.6. The maximum atomic E-state index is 12.6. The fourth-order valence-corrected chi connectivity index (χ4v) is 2.98. The molecule has 0 aliphatic heterocycles. The number of hydrogen-bond donors (Lipinski definition) is 2. The Bertz CT molecular complexity index is 773. The van der Waals surface area contributed by atoms with E-state index in [1.165, 1.54) is 19.8 Å². The van der Waals surface area contributed by atoms with Gasteiger partial charge in [0.1, 0.15) is 0 Å². The van der Waals surface area contributed by atoms with Crippen molar-refractivity contribution in [2.45, 2.75) is 39.7 Å². The Morgan fingerprint density at radius 1 is 1.09 bits per heavy atom. The average molecular weight is 311 g/mol. The molecule has 0 spiro atoms. The number of carbonyl (C=O) groups is 2. The average Bonchev–Trinajstić information content (AvgIpc) is 3.24. The number of aromatic nitrogens is 1. The highest BCUT2D eigenvalue weighted by molar-refractivity contribution is 6.05. The lowest BCUT2D eigenvalue weighted by atomic mass is 10.2. The number of carbonyl (C=O) groups excluding carboxylic acids is 2. The van der Waals surface area contributed by atoms with E-state index in [1.54, 1.807) is 18.2 Å². The maximum Gasteiger partial charge on any atom is 0.257 e. The van der Waals surface area contributed by atoms with Crippen molar-refractivity contribution in [3.63, 3.8) is 0 Å². The molecule has 1 aliphatic carbocycles. The van der Waals surface area contributed by atoms with Crippen molar-refractivity contribution >= 4 is 23.2 Å². The van der Waals surface area contributed by atoms with Crippen molar-refractivity contribution < 1.29 is 9.59 Å². The summed E-state index contributed by atoms with van der Waals surface area (Å²) in [5, 5.41) is 5.62. The number of anilines is 2. The number of hydrogen-bond acceptors (Lipinski definition) is 2. The molecule has 3 rings (SSSR count). The van der Waals surface area contributed by atoms with Crippen molar-refractivity contribution in [3.8, 4) is 0 Å². The van der Waals surface area contributed by atoms with Crippen LogP contribution in [-0.4, -0.2) is 16.4 Å². The van der Waals surface area contributed by atoms with Gasteiger partial charge in [0.15, 0.2) is 0 Å². The van der Waals surface area contributed by atoms with E-state index in [1.807, 2.05) is 26.0 Å². The van der Waals surface area contributed by atoms with E-state index in [2.05, 4.69) is 15.2 Å². The van der Waals surface area contributed by atoms with Crippen LogP contribution >= 0.6 is 0 Å². The van der Waals surface area contributed by atoms with E-state index >= 15 is 0 Å². The molecule has 120 valence electrons. The Morgan fingerprint density at radius 3 is 2.35 bits per heavy atom. The second-order valence-corrected chi connectivity index (χ2v) is 6.10. The molecule has 5 heteroatoms. The van der Waals surface area contributed by atoms with Crippen LogP contribution in [0.2, 0.25) is 0 Å². The third-order valence-corrected chi connectivity index (χ3v) is 4.08. The van der Waals surface area contributed by atoms with Crippen LogP contribution in [0.3, 0.4) is 0 Å². The first kappa shape index (κ1) is 15.3. The topological polar surface area (TPSA) is 63.1 Å². The molecule has 1 aromatic heterocycles. The zero-order valence-electron chi connectivity index (χ0n) is 13.6. The summed E-state index contributed by atoms with van der Waals surface area (Å²) in [6.45, 7) is 5.49. The van der Waals surface area contributed by atoms with Crippen molar-refractivity contribution in [1.29, 1.82) is 0 Å². The maximum absolute atomic E-state index is 12.6. The SMILES string of the molecule is CC(=O)Nc1cccc(NC(=O)c2cc(C)n(C3CC3)c2C)c1. The van der Waals surface area contributed by atoms with E-state index in [-0.39, 0.29) is 11.8 Å². The van der Waals surface area contributed by atoms with Gasteiger partial charge in [-0.25, -0.2) is 0 Å². The van der Waals surface area contributed by atoms with Crippen LogP contribution in [0, 0.1) is 13.8 Å². The van der Waals surface area contributed by atoms with Gasteiger partial charge in [-0.05, 0) is 51.0 Å². The Balaban J connectivity index is 1.79. The minimum Gasteiger partial charge on any atom is -0.345 e. The van der Waals surface area contributed by atoms with E-state index in [4.69, 9.17) is 0 Å². The van der Waals surface area contributed by atoms with E-state index < -0.39 is 0 Å². The predicted octanol–water partition coefficient (Wildman–Crippen LogP) is 3.65. The number of amides is 2. The van der Waals surface area contributed by atoms with Crippen molar-refractivity contribution in [2.75, 3.05) is 10.6 Å². The third-order valence-electron chi connectivity index (χ3n) is 4.08. The summed E-state index contributed by atoms with van der Waals surface area (Å²) in [6, 6.07) is 9.65. The highest BCUT2D eigenvalue weighted by atomic mass is 16.2. The van der Waals surface area contributed by atoms with Crippen LogP contribution in [0.5, 0.6) is 0 Å². The first-order valence-electron chi connectivity index (χ1n) is 7.83. The molecule has 0 saturated heterocycles. The predicted molar refractivity (Wildman–Crippen MR) is 90.9 cm³/mol. The van der Waals surface area contributed by atoms with Crippen LogP contribution in [-0.2, 0) is 4.79 Å². The molecule has 0 bridgehead atoms. The lowest BCUT2D eigenvalue weighted by molar-refractivity contribution is -0.114. The quantitative estimate of drug-likeness (QED) is 0.905. The number of aryl methyl sites for hydroxylation is 1. The first-order chi connectivity index (χ1) is 11.0. The van der Waals surface area contributed by atoms with Gasteiger partial charge in [-0.15, -0.1) is 0 Å². The molecular weight excluding hydrogens is 290 g/mol. The monoisotopic (exact) mass is 311 g/mol. The molecule has 1 fully saturated rings. The number of nitrogens with zero attached hydrogens (tertiary/aromatic N) is 1. The lowest BCUT2D eigenvalue weighted by Crippen LogP contribution is -2.13. The molecule has 1 saturated carbocycles. The molecule has 0 atom stereocenters. The lowest BCUT2D eigenvalue weighted by Gasteiger charge is -2.09. The van der Waals surface area contributed by atoms with Gasteiger partial charge in [-0.3, -0.25) is 9.59 Å². The summed E-state index contributed by atoms with van der Waals surface area (Å²) in [7, 11) is 0. The van der Waals surface area contributed by atoms with Gasteiger partial charge in [-0.1, -0.05) is 6.07 Å². The van der Waals surface area contributed by atoms with Crippen LogP contribution in [0.25, 0.3) is 0 Å². The third kappa shape index (κ3) is 3.28. The van der Waals surface area contributed by atoms with Crippen LogP contribution in [0.1, 0.15) is 47.6 Å². The van der Waals surface area contributed by atoms with Gasteiger partial charge >= 0.3 is 0 Å². The van der Waals surface area contributed by atoms with Gasteiger partial charge < -0.3 is 15.2 Å². The first-order valence-corrected chi connectivity index (χ1v) is 7.83. The van der Waals surface area contributed by atoms with Gasteiger partial charge in [-0.2, -0.15) is 0 Å². The van der Waals surface area contributed by atoms with Crippen molar-refractivity contribution in [1.82, 2.24) is 4.57 Å². The molecule has 2 N–H and O–H groups in total. The van der Waals surface area contributed by atoms with E-state index in [0.29, 0.717) is 23.0 Å². The molecule has 1 aliphatic rings. The highest BCUT2D eigenvalue weighted by Gasteiger charge is 2.28. The van der Waals surface area contributed by atoms with Gasteiger partial charge in [0.05, 0.1) is 5.56 Å². The largest absolute Gasteiger partial charge is 0.345 e. The molecule has 0 radical (unpaired) electrons.